The van der Waals surface area contributed by atoms with Gasteiger partial charge in [0, 0.05) is 112 Å². The largest absolute Gasteiger partial charge is 0.369 e. The van der Waals surface area contributed by atoms with E-state index < -0.39 is 0 Å². The summed E-state index contributed by atoms with van der Waals surface area (Å²) in [5.74, 6) is 8.93. The van der Waals surface area contributed by atoms with Gasteiger partial charge in [-0.3, -0.25) is 18.7 Å². The minimum absolute atomic E-state index is 0. The molecule has 4 aliphatic rings. The lowest BCUT2D eigenvalue weighted by Crippen LogP contribution is -2.44. The molecule has 0 radical (unpaired) electrons. The first-order chi connectivity index (χ1) is 37.5. The van der Waals surface area contributed by atoms with Gasteiger partial charge in [0.2, 0.25) is 11.9 Å². The number of benzene rings is 4. The number of likely N-dealkylation sites (N-methyl/N-ethyl adjacent to an activating group) is 2. The monoisotopic (exact) mass is 1070 g/mol. The third kappa shape index (κ3) is 12.3. The van der Waals surface area contributed by atoms with Crippen molar-refractivity contribution >= 4 is 56.7 Å². The molecule has 6 heterocycles. The summed E-state index contributed by atoms with van der Waals surface area (Å²) in [5, 5.41) is 7.81. The maximum Gasteiger partial charge on any atom is 0.268 e. The van der Waals surface area contributed by atoms with Gasteiger partial charge in [-0.1, -0.05) is 51.0 Å². The zero-order valence-electron chi connectivity index (χ0n) is 43.6. The van der Waals surface area contributed by atoms with Crippen molar-refractivity contribution in [3.63, 3.8) is 0 Å². The molecule has 4 aromatic carbocycles. The van der Waals surface area contributed by atoms with Gasteiger partial charge in [-0.15, -0.1) is 12.3 Å². The molecule has 410 valence electrons. The minimum Gasteiger partial charge on any atom is -0.369 e. The zero-order chi connectivity index (χ0) is 53.2. The van der Waals surface area contributed by atoms with Crippen LogP contribution in [0, 0.1) is 35.8 Å². The Balaban J connectivity index is 0.000000223. The van der Waals surface area contributed by atoms with E-state index >= 15 is 4.39 Å². The van der Waals surface area contributed by atoms with E-state index in [1.165, 1.54) is 32.6 Å². The molecule has 12 rings (SSSR count). The van der Waals surface area contributed by atoms with Gasteiger partial charge in [-0.2, -0.15) is 9.97 Å². The molecular weight excluding hydrogens is 995 g/mol. The number of nitrogens with zero attached hydrogens (tertiary/aromatic N) is 10. The lowest BCUT2D eigenvalue weighted by molar-refractivity contribution is 0.313. The van der Waals surface area contributed by atoms with Crippen molar-refractivity contribution in [1.29, 1.82) is 0 Å². The number of piperazine rings is 2. The van der Waals surface area contributed by atoms with E-state index in [0.29, 0.717) is 62.5 Å². The average molecular weight is 1070 g/mol. The van der Waals surface area contributed by atoms with Gasteiger partial charge in [-0.05, 0) is 142 Å². The number of fused-ring (bicyclic) bond motifs is 2. The molecule has 16 heteroatoms. The molecule has 0 unspecified atom stereocenters. The van der Waals surface area contributed by atoms with E-state index in [9.17, 15) is 14.0 Å². The molecule has 4 fully saturated rings. The smallest absolute Gasteiger partial charge is 0.268 e. The van der Waals surface area contributed by atoms with E-state index in [0.717, 1.165) is 101 Å². The number of pyridine rings is 2. The van der Waals surface area contributed by atoms with E-state index in [-0.39, 0.29) is 59.1 Å². The normalized spacial score (nSPS) is 15.4. The van der Waals surface area contributed by atoms with Crippen molar-refractivity contribution in [2.45, 2.75) is 72.4 Å². The van der Waals surface area contributed by atoms with Gasteiger partial charge >= 0.3 is 0 Å². The van der Waals surface area contributed by atoms with Crippen LogP contribution in [0.4, 0.5) is 43.4 Å². The summed E-state index contributed by atoms with van der Waals surface area (Å²) in [6.07, 6.45) is 13.1. The molecular formula is C63H72F2N12O2. The summed E-state index contributed by atoms with van der Waals surface area (Å²) < 4.78 is 33.0. The highest BCUT2D eigenvalue weighted by atomic mass is 19.1. The van der Waals surface area contributed by atoms with Crippen LogP contribution >= 0.6 is 0 Å². The van der Waals surface area contributed by atoms with E-state index in [1.807, 2.05) is 36.4 Å². The summed E-state index contributed by atoms with van der Waals surface area (Å²) in [5.41, 5.74) is 7.75. The second-order valence-electron chi connectivity index (χ2n) is 20.5. The molecule has 0 bridgehead atoms. The van der Waals surface area contributed by atoms with Crippen LogP contribution in [0.5, 0.6) is 0 Å². The van der Waals surface area contributed by atoms with Crippen LogP contribution in [0.15, 0.2) is 119 Å². The van der Waals surface area contributed by atoms with Crippen LogP contribution in [-0.2, 0) is 13.1 Å². The fourth-order valence-corrected chi connectivity index (χ4v) is 10.3. The number of hydrogen-bond donors (Lipinski definition) is 2. The molecule has 8 aromatic rings. The number of terminal acetylenes is 1. The molecule has 4 aromatic heterocycles. The SMILES string of the molecule is C.C.C#Cc1cc2cnc(Nc3ccc(N4CCN(C)CC4)cc3)nc2n(Cc2c(F)cccc2C2CC2)c1=O.CC#Cc1cc2cnc(Nc3ccc(N4CCN(C)CC4)cc3)nc2n(Cc2c(F)cccc2C2CC2)c1=O.[HH].[HH]. The van der Waals surface area contributed by atoms with Gasteiger partial charge in [0.05, 0.1) is 24.2 Å². The van der Waals surface area contributed by atoms with Gasteiger partial charge < -0.3 is 30.2 Å². The Labute approximate surface area is 464 Å². The number of nitrogens with one attached hydrogen (secondary N) is 2. The Morgan fingerprint density at radius 1 is 0.595 bits per heavy atom. The average Bonchev–Trinajstić information content (AvgIpc) is 4.40. The van der Waals surface area contributed by atoms with E-state index in [4.69, 9.17) is 11.4 Å². The van der Waals surface area contributed by atoms with Gasteiger partial charge in [0.25, 0.3) is 11.1 Å². The summed E-state index contributed by atoms with van der Waals surface area (Å²) in [6.45, 7) is 10.0. The molecule has 14 nitrogen and oxygen atoms in total. The number of aromatic nitrogens is 6. The fourth-order valence-electron chi connectivity index (χ4n) is 10.3. The van der Waals surface area contributed by atoms with Crippen LogP contribution in [0.2, 0.25) is 0 Å². The van der Waals surface area contributed by atoms with E-state index in [1.54, 1.807) is 43.6 Å². The third-order valence-corrected chi connectivity index (χ3v) is 15.0. The van der Waals surface area contributed by atoms with Crippen LogP contribution in [0.3, 0.4) is 0 Å². The Bertz CT molecular complexity index is 3740. The van der Waals surface area contributed by atoms with Crippen molar-refractivity contribution < 1.29 is 11.6 Å². The molecule has 2 saturated carbocycles. The maximum absolute atomic E-state index is 15.1. The summed E-state index contributed by atoms with van der Waals surface area (Å²) in [7, 11) is 4.29. The van der Waals surface area contributed by atoms with E-state index in [2.05, 4.69) is 101 Å². The molecule has 79 heavy (non-hydrogen) atoms. The summed E-state index contributed by atoms with van der Waals surface area (Å²) in [4.78, 5) is 54.6. The van der Waals surface area contributed by atoms with Crippen LogP contribution < -0.4 is 31.6 Å². The highest BCUT2D eigenvalue weighted by Gasteiger charge is 2.29. The first-order valence-corrected chi connectivity index (χ1v) is 26.4. The third-order valence-electron chi connectivity index (χ3n) is 15.0. The number of rotatable bonds is 12. The molecule has 0 atom stereocenters. The first kappa shape index (κ1) is 55.3. The Morgan fingerprint density at radius 2 is 1.00 bits per heavy atom. The minimum atomic E-state index is -0.369. The molecule has 2 aliphatic heterocycles. The highest BCUT2D eigenvalue weighted by molar-refractivity contribution is 5.79. The summed E-state index contributed by atoms with van der Waals surface area (Å²) >= 11 is 0. The first-order valence-electron chi connectivity index (χ1n) is 26.4. The standard InChI is InChI=1S/C31H31FN6O.C30H29FN6O.2CH4.2H2/c1-3-5-22-18-23-19-33-31(34-24-10-12-25(13-11-24)37-16-14-36(2)15-17-37)35-29(23)38(30(22)39)20-27-26(21-8-9-21)6-4-7-28(27)32;1-3-20-17-22-18-32-30(33-23-9-11-24(12-10-23)36-15-13-35(2)14-16-36)34-28(22)37(29(20)38)19-26-25(21-7-8-21)5-4-6-27(26)31;;;;/h4,6-7,10-13,18-19,21H,8-9,14-17,20H2,1-2H3,(H,33,34,35);1,4-6,9-12,17-18,21H,7-8,13-16,19H2,2H3,(H,32,33,34);2*1H4;2*1H. The quantitative estimate of drug-likeness (QED) is 0.113. The molecule has 0 amide bonds. The number of hydrogen-bond acceptors (Lipinski definition) is 12. The summed E-state index contributed by atoms with van der Waals surface area (Å²) in [6, 6.07) is 30.0. The topological polar surface area (TPSA) is 133 Å². The fraction of sp³-hybridized carbons (Fsp3) is 0.333. The highest BCUT2D eigenvalue weighted by Crippen LogP contribution is 2.43. The second kappa shape index (κ2) is 24.1. The van der Waals surface area contributed by atoms with Gasteiger partial charge in [0.1, 0.15) is 22.9 Å². The Hall–Kier alpha value is -8.44. The lowest BCUT2D eigenvalue weighted by atomic mass is 10.0. The molecule has 2 N–H and O–H groups in total. The van der Waals surface area contributed by atoms with Crippen LogP contribution in [0.25, 0.3) is 22.1 Å². The number of anilines is 6. The number of halogens is 2. The van der Waals surface area contributed by atoms with Crippen molar-refractivity contribution in [3.05, 3.63) is 175 Å². The molecule has 2 saturated heterocycles. The van der Waals surface area contributed by atoms with Crippen molar-refractivity contribution in [1.82, 2.24) is 38.9 Å². The lowest BCUT2D eigenvalue weighted by Gasteiger charge is -2.34. The predicted molar refractivity (Wildman–Crippen MR) is 320 cm³/mol. The van der Waals surface area contributed by atoms with Crippen LogP contribution in [0.1, 0.15) is 95.5 Å². The molecule has 2 aliphatic carbocycles. The van der Waals surface area contributed by atoms with Gasteiger partial charge in [-0.25, -0.2) is 18.7 Å². The van der Waals surface area contributed by atoms with Crippen LogP contribution in [-0.4, -0.2) is 105 Å². The maximum atomic E-state index is 15.1. The Morgan fingerprint density at radius 3 is 1.39 bits per heavy atom. The van der Waals surface area contributed by atoms with Crippen molar-refractivity contribution in [2.75, 3.05) is 86.9 Å². The second-order valence-corrected chi connectivity index (χ2v) is 20.5. The predicted octanol–water partition coefficient (Wildman–Crippen LogP) is 10.8. The Kier molecular flexibility index (Phi) is 16.9. The molecule has 0 spiro atoms. The van der Waals surface area contributed by atoms with Gasteiger partial charge in [0.15, 0.2) is 0 Å². The van der Waals surface area contributed by atoms with Crippen molar-refractivity contribution in [3.8, 4) is 24.2 Å². The van der Waals surface area contributed by atoms with Crippen molar-refractivity contribution in [2.24, 2.45) is 0 Å². The zero-order valence-corrected chi connectivity index (χ0v) is 43.6.